The van der Waals surface area contributed by atoms with Gasteiger partial charge in [0.2, 0.25) is 0 Å². The zero-order chi connectivity index (χ0) is 30.0. The molecule has 1 aliphatic rings. The number of carbonyl (C=O) groups is 2. The summed E-state index contributed by atoms with van der Waals surface area (Å²) in [4.78, 5) is 24.5. The molecule has 3 rings (SSSR count). The Bertz CT molecular complexity index is 1330. The van der Waals surface area contributed by atoms with Gasteiger partial charge in [0.25, 0.3) is 5.91 Å². The maximum absolute atomic E-state index is 14.9. The Morgan fingerprint density at radius 3 is 2.42 bits per heavy atom. The third kappa shape index (κ3) is 8.53. The van der Waals surface area contributed by atoms with Gasteiger partial charge in [-0.2, -0.15) is 5.26 Å². The van der Waals surface area contributed by atoms with Gasteiger partial charge in [-0.1, -0.05) is 43.7 Å². The normalized spacial score (nSPS) is 18.9. The number of ether oxygens (including phenoxy) is 2. The van der Waals surface area contributed by atoms with Crippen LogP contribution in [0.25, 0.3) is 11.1 Å². The summed E-state index contributed by atoms with van der Waals surface area (Å²) < 4.78 is 91.7. The van der Waals surface area contributed by atoms with Gasteiger partial charge in [0, 0.05) is 19.6 Å². The molecule has 0 spiro atoms. The van der Waals surface area contributed by atoms with Crippen LogP contribution in [-0.4, -0.2) is 54.3 Å². The van der Waals surface area contributed by atoms with Crippen LogP contribution in [0.4, 0.5) is 28.6 Å². The van der Waals surface area contributed by atoms with Crippen molar-refractivity contribution >= 4 is 22.2 Å². The quantitative estimate of drug-likeness (QED) is 0.375. The van der Waals surface area contributed by atoms with E-state index in [-0.39, 0.29) is 48.4 Å². The second kappa shape index (κ2) is 10.5. The first kappa shape index (κ1) is 31.1. The van der Waals surface area contributed by atoms with Gasteiger partial charge in [0.05, 0.1) is 12.6 Å². The lowest BCUT2D eigenvalue weighted by molar-refractivity contribution is -0.133. The van der Waals surface area contributed by atoms with E-state index in [1.54, 1.807) is 20.8 Å². The van der Waals surface area contributed by atoms with Crippen molar-refractivity contribution in [1.82, 2.24) is 10.2 Å². The van der Waals surface area contributed by atoms with Crippen molar-refractivity contribution in [3.63, 3.8) is 0 Å². The maximum Gasteiger partial charge on any atom is 0.410 e. The van der Waals surface area contributed by atoms with Gasteiger partial charge in [-0.25, -0.2) is 9.18 Å². The number of hydrogen-bond acceptors (Lipinski definition) is 5. The van der Waals surface area contributed by atoms with Crippen LogP contribution in [0.15, 0.2) is 47.4 Å². The zero-order valence-corrected chi connectivity index (χ0v) is 22.8. The van der Waals surface area contributed by atoms with E-state index in [4.69, 9.17) is 9.47 Å². The Hall–Kier alpha value is -3.44. The molecule has 1 fully saturated rings. The summed E-state index contributed by atoms with van der Waals surface area (Å²) in [6, 6.07) is 6.35. The van der Waals surface area contributed by atoms with Gasteiger partial charge in [-0.15, -0.1) is 0 Å². The highest BCUT2D eigenvalue weighted by Crippen LogP contribution is 3.02. The molecule has 14 heteroatoms. The Morgan fingerprint density at radius 1 is 1.15 bits per heavy atom. The van der Waals surface area contributed by atoms with Gasteiger partial charge in [0.15, 0.2) is 6.10 Å². The second-order valence-corrected chi connectivity index (χ2v) is 12.7. The van der Waals surface area contributed by atoms with Crippen LogP contribution in [0.3, 0.4) is 0 Å². The molecule has 0 aromatic heterocycles. The SMILES string of the molecule is CC(C)(C)OC(=O)N1CCCO[C@H](C(=O)N[C@H](C#N)Cc2ccc(-c3cccc(S(F)(F)(F)(F)F)c3)cc2F)C1. The largest absolute Gasteiger partial charge is 0.444 e. The minimum absolute atomic E-state index is 0.0448. The number of rotatable bonds is 6. The van der Waals surface area contributed by atoms with Gasteiger partial charge >= 0.3 is 16.3 Å². The summed E-state index contributed by atoms with van der Waals surface area (Å²) in [5.74, 6) is -1.61. The Kier molecular flexibility index (Phi) is 8.17. The minimum Gasteiger partial charge on any atom is -0.444 e. The number of amides is 2. The Morgan fingerprint density at radius 2 is 1.82 bits per heavy atom. The third-order valence-corrected chi connectivity index (χ3v) is 6.93. The van der Waals surface area contributed by atoms with E-state index in [1.807, 2.05) is 6.07 Å². The average molecular weight is 594 g/mol. The number of nitriles is 1. The summed E-state index contributed by atoms with van der Waals surface area (Å²) in [5.41, 5.74) is -1.16. The number of halogens is 6. The third-order valence-electron chi connectivity index (χ3n) is 5.78. The number of nitrogens with one attached hydrogen (secondary N) is 1. The highest BCUT2D eigenvalue weighted by atomic mass is 32.5. The number of hydrogen-bond donors (Lipinski definition) is 1. The molecule has 0 bridgehead atoms. The molecule has 1 N–H and O–H groups in total. The van der Waals surface area contributed by atoms with Crippen LogP contribution in [0.1, 0.15) is 32.8 Å². The molecule has 0 unspecified atom stereocenters. The van der Waals surface area contributed by atoms with E-state index >= 15 is 0 Å². The van der Waals surface area contributed by atoms with Crippen molar-refractivity contribution in [1.29, 1.82) is 5.26 Å². The molecule has 2 aromatic rings. The first-order valence-electron chi connectivity index (χ1n) is 12.2. The summed E-state index contributed by atoms with van der Waals surface area (Å²) in [6.07, 6.45) is -1.59. The predicted molar refractivity (Wildman–Crippen MR) is 137 cm³/mol. The molecule has 2 atom stereocenters. The molecule has 2 aromatic carbocycles. The highest BCUT2D eigenvalue weighted by Gasteiger charge is 2.65. The van der Waals surface area contributed by atoms with Crippen molar-refractivity contribution in [3.05, 3.63) is 53.8 Å². The Labute approximate surface area is 227 Å². The van der Waals surface area contributed by atoms with Crippen molar-refractivity contribution in [2.45, 2.75) is 56.3 Å². The van der Waals surface area contributed by atoms with E-state index in [9.17, 15) is 38.7 Å². The van der Waals surface area contributed by atoms with Crippen LogP contribution in [-0.2, 0) is 20.7 Å². The van der Waals surface area contributed by atoms with Crippen LogP contribution in [0.5, 0.6) is 0 Å². The number of benzene rings is 2. The van der Waals surface area contributed by atoms with Crippen LogP contribution in [0.2, 0.25) is 0 Å². The van der Waals surface area contributed by atoms with Crippen LogP contribution in [0, 0.1) is 17.1 Å². The molecular weight excluding hydrogens is 564 g/mol. The number of nitrogens with zero attached hydrogens (tertiary/aromatic N) is 2. The van der Waals surface area contributed by atoms with Gasteiger partial charge < -0.3 is 19.7 Å². The first-order chi connectivity index (χ1) is 18.3. The molecule has 220 valence electrons. The van der Waals surface area contributed by atoms with E-state index in [1.165, 1.54) is 17.0 Å². The molecule has 1 heterocycles. The molecule has 0 saturated carbocycles. The topological polar surface area (TPSA) is 91.7 Å². The fraction of sp³-hybridized carbons (Fsp3) is 0.423. The molecule has 0 radical (unpaired) electrons. The van der Waals surface area contributed by atoms with Crippen molar-refractivity contribution in [2.75, 3.05) is 19.7 Å². The van der Waals surface area contributed by atoms with Gasteiger partial charge in [-0.3, -0.25) is 4.79 Å². The molecule has 2 amide bonds. The summed E-state index contributed by atoms with van der Waals surface area (Å²) >= 11 is 0. The highest BCUT2D eigenvalue weighted by molar-refractivity contribution is 8.45. The smallest absolute Gasteiger partial charge is 0.410 e. The maximum atomic E-state index is 14.9. The summed E-state index contributed by atoms with van der Waals surface area (Å²) in [5, 5.41) is 12.0. The summed E-state index contributed by atoms with van der Waals surface area (Å²) in [6.45, 7) is 5.44. The van der Waals surface area contributed by atoms with Crippen molar-refractivity contribution in [2.24, 2.45) is 0 Å². The van der Waals surface area contributed by atoms with Crippen molar-refractivity contribution < 1.29 is 42.9 Å². The molecule has 1 saturated heterocycles. The predicted octanol–water partition coefficient (Wildman–Crippen LogP) is 6.73. The minimum atomic E-state index is -9.93. The van der Waals surface area contributed by atoms with E-state index in [2.05, 4.69) is 5.32 Å². The molecule has 40 heavy (non-hydrogen) atoms. The van der Waals surface area contributed by atoms with Gasteiger partial charge in [0.1, 0.15) is 22.4 Å². The molecule has 1 aliphatic heterocycles. The lowest BCUT2D eigenvalue weighted by Gasteiger charge is -2.40. The van der Waals surface area contributed by atoms with E-state index < -0.39 is 50.7 Å². The summed E-state index contributed by atoms with van der Waals surface area (Å²) in [7, 11) is -9.93. The number of carbonyl (C=O) groups excluding carboxylic acids is 2. The first-order valence-corrected chi connectivity index (χ1v) is 14.1. The average Bonchev–Trinajstić information content (AvgIpc) is 3.09. The molecule has 0 aliphatic carbocycles. The second-order valence-electron chi connectivity index (χ2n) is 10.3. The van der Waals surface area contributed by atoms with E-state index in [0.717, 1.165) is 18.2 Å². The van der Waals surface area contributed by atoms with Crippen LogP contribution < -0.4 is 5.32 Å². The fourth-order valence-electron chi connectivity index (χ4n) is 3.90. The monoisotopic (exact) mass is 593 g/mol. The fourth-order valence-corrected chi connectivity index (χ4v) is 4.58. The van der Waals surface area contributed by atoms with Gasteiger partial charge in [-0.05, 0) is 62.1 Å². The van der Waals surface area contributed by atoms with Crippen molar-refractivity contribution in [3.8, 4) is 17.2 Å². The standard InChI is InChI=1S/C26H29F6N3O4S/c1-26(2,3)39-25(37)35-10-5-11-38-23(16-35)24(36)34-20(15-33)12-19-9-8-18(14-22(19)27)17-6-4-7-21(13-17)40(28,29,30,31)32/h4,6-9,13-14,20,23H,5,10-12,16H2,1-3H3,(H,34,36)/t20-,23-/m0/s1. The van der Waals surface area contributed by atoms with E-state index in [0.29, 0.717) is 13.0 Å². The van der Waals surface area contributed by atoms with Crippen LogP contribution >= 0.6 is 10.2 Å². The Balaban J connectivity index is 1.71. The molecule has 7 nitrogen and oxygen atoms in total. The zero-order valence-electron chi connectivity index (χ0n) is 21.9. The lowest BCUT2D eigenvalue weighted by atomic mass is 10.00. The lowest BCUT2D eigenvalue weighted by Crippen LogP contribution is -2.48. The molecular formula is C26H29F6N3O4S.